The molecular weight excluding hydrogens is 309 g/mol. The number of alkyl halides is 3. The molecule has 23 heavy (non-hydrogen) atoms. The Hall–Kier alpha value is -2.37. The summed E-state index contributed by atoms with van der Waals surface area (Å²) in [5, 5.41) is 0. The van der Waals surface area contributed by atoms with E-state index < -0.39 is 11.7 Å². The Morgan fingerprint density at radius 1 is 1.00 bits per heavy atom. The van der Waals surface area contributed by atoms with Gasteiger partial charge in [-0.15, -0.1) is 0 Å². The maximum absolute atomic E-state index is 13.2. The summed E-state index contributed by atoms with van der Waals surface area (Å²) in [7, 11) is 2.98. The Morgan fingerprint density at radius 3 is 2.43 bits per heavy atom. The van der Waals surface area contributed by atoms with E-state index in [0.29, 0.717) is 47.0 Å². The lowest BCUT2D eigenvalue weighted by Crippen LogP contribution is -2.06. The van der Waals surface area contributed by atoms with Crippen LogP contribution in [0, 0.1) is 0 Å². The third kappa shape index (κ3) is 2.81. The minimum atomic E-state index is -4.41. The quantitative estimate of drug-likeness (QED) is 0.841. The molecule has 0 unspecified atom stereocenters. The number of rotatable bonds is 3. The van der Waals surface area contributed by atoms with E-state index in [1.54, 1.807) is 18.2 Å². The fourth-order valence-electron chi connectivity index (χ4n) is 2.69. The summed E-state index contributed by atoms with van der Waals surface area (Å²) < 4.78 is 55.5. The lowest BCUT2D eigenvalue weighted by atomic mass is 9.97. The average molecular weight is 324 g/mol. The zero-order chi connectivity index (χ0) is 16.6. The zero-order valence-electron chi connectivity index (χ0n) is 12.7. The molecule has 3 rings (SSSR count). The van der Waals surface area contributed by atoms with E-state index in [9.17, 15) is 13.2 Å². The molecule has 3 nitrogen and oxygen atoms in total. The Morgan fingerprint density at radius 2 is 1.78 bits per heavy atom. The van der Waals surface area contributed by atoms with Gasteiger partial charge in [-0.05, 0) is 29.8 Å². The van der Waals surface area contributed by atoms with Crippen molar-refractivity contribution < 1.29 is 27.4 Å². The van der Waals surface area contributed by atoms with Crippen molar-refractivity contribution in [1.82, 2.24) is 0 Å². The second kappa shape index (κ2) is 5.68. The van der Waals surface area contributed by atoms with Crippen LogP contribution in [0.15, 0.2) is 30.3 Å². The maximum atomic E-state index is 13.2. The standard InChI is InChI=1S/C17H15F3O3/c1-21-12-3-4-13(15(9-12)22-2)14-8-11(17(18,19)20)7-10-5-6-23-16(10)14/h3-4,7-9H,5-6H2,1-2H3. The van der Waals surface area contributed by atoms with Crippen LogP contribution in [0.25, 0.3) is 11.1 Å². The molecule has 0 N–H and O–H groups in total. The van der Waals surface area contributed by atoms with E-state index in [-0.39, 0.29) is 0 Å². The first kappa shape index (κ1) is 15.5. The number of methoxy groups -OCH3 is 2. The average Bonchev–Trinajstić information content (AvgIpc) is 3.01. The number of fused-ring (bicyclic) bond motifs is 1. The van der Waals surface area contributed by atoms with E-state index in [2.05, 4.69) is 0 Å². The number of benzene rings is 2. The molecule has 1 aliphatic rings. The van der Waals surface area contributed by atoms with Gasteiger partial charge in [0.2, 0.25) is 0 Å². The summed E-state index contributed by atoms with van der Waals surface area (Å²) in [5.74, 6) is 1.48. The molecule has 2 aromatic rings. The highest BCUT2D eigenvalue weighted by molar-refractivity contribution is 5.79. The molecule has 0 aromatic heterocycles. The third-order valence-electron chi connectivity index (χ3n) is 3.81. The molecule has 0 fully saturated rings. The third-order valence-corrected chi connectivity index (χ3v) is 3.81. The smallest absolute Gasteiger partial charge is 0.416 e. The van der Waals surface area contributed by atoms with Crippen molar-refractivity contribution in [3.63, 3.8) is 0 Å². The largest absolute Gasteiger partial charge is 0.497 e. The fourth-order valence-corrected chi connectivity index (χ4v) is 2.69. The van der Waals surface area contributed by atoms with Gasteiger partial charge in [-0.25, -0.2) is 0 Å². The van der Waals surface area contributed by atoms with Crippen molar-refractivity contribution in [2.24, 2.45) is 0 Å². The molecule has 0 spiro atoms. The van der Waals surface area contributed by atoms with Crippen molar-refractivity contribution in [2.45, 2.75) is 12.6 Å². The SMILES string of the molecule is COc1ccc(-c2cc(C(F)(F)F)cc3c2OCC3)c(OC)c1. The highest BCUT2D eigenvalue weighted by Crippen LogP contribution is 2.45. The molecule has 1 heterocycles. The van der Waals surface area contributed by atoms with Crippen molar-refractivity contribution in [3.05, 3.63) is 41.5 Å². The molecule has 0 saturated carbocycles. The normalized spacial score (nSPS) is 13.4. The van der Waals surface area contributed by atoms with Gasteiger partial charge in [0.25, 0.3) is 0 Å². The fraction of sp³-hybridized carbons (Fsp3) is 0.294. The molecule has 0 amide bonds. The molecule has 0 bridgehead atoms. The first-order valence-corrected chi connectivity index (χ1v) is 7.03. The minimum absolute atomic E-state index is 0.377. The van der Waals surface area contributed by atoms with Crippen LogP contribution >= 0.6 is 0 Å². The molecule has 6 heteroatoms. The second-order valence-electron chi connectivity index (χ2n) is 5.17. The van der Waals surface area contributed by atoms with Crippen LogP contribution in [0.4, 0.5) is 13.2 Å². The Balaban J connectivity index is 2.22. The van der Waals surface area contributed by atoms with Gasteiger partial charge < -0.3 is 14.2 Å². The van der Waals surface area contributed by atoms with Gasteiger partial charge in [-0.3, -0.25) is 0 Å². The van der Waals surface area contributed by atoms with Crippen molar-refractivity contribution >= 4 is 0 Å². The predicted molar refractivity (Wildman–Crippen MR) is 79.2 cm³/mol. The summed E-state index contributed by atoms with van der Waals surface area (Å²) in [6, 6.07) is 7.25. The second-order valence-corrected chi connectivity index (χ2v) is 5.17. The van der Waals surface area contributed by atoms with Crippen LogP contribution in [-0.4, -0.2) is 20.8 Å². The van der Waals surface area contributed by atoms with E-state index in [4.69, 9.17) is 14.2 Å². The van der Waals surface area contributed by atoms with E-state index in [1.165, 1.54) is 14.2 Å². The van der Waals surface area contributed by atoms with Crippen LogP contribution in [0.3, 0.4) is 0 Å². The molecule has 0 radical (unpaired) electrons. The zero-order valence-corrected chi connectivity index (χ0v) is 12.7. The van der Waals surface area contributed by atoms with Gasteiger partial charge in [-0.2, -0.15) is 13.2 Å². The number of hydrogen-bond donors (Lipinski definition) is 0. The molecule has 0 saturated heterocycles. The van der Waals surface area contributed by atoms with Crippen LogP contribution in [0.1, 0.15) is 11.1 Å². The first-order valence-electron chi connectivity index (χ1n) is 7.03. The Bertz CT molecular complexity index is 739. The molecule has 122 valence electrons. The number of ether oxygens (including phenoxy) is 3. The molecule has 1 aliphatic heterocycles. The lowest BCUT2D eigenvalue weighted by molar-refractivity contribution is -0.137. The minimum Gasteiger partial charge on any atom is -0.497 e. The van der Waals surface area contributed by atoms with Crippen LogP contribution in [-0.2, 0) is 12.6 Å². The summed E-state index contributed by atoms with van der Waals surface area (Å²) in [4.78, 5) is 0. The van der Waals surface area contributed by atoms with Gasteiger partial charge >= 0.3 is 6.18 Å². The summed E-state index contributed by atoms with van der Waals surface area (Å²) >= 11 is 0. The topological polar surface area (TPSA) is 27.7 Å². The van der Waals surface area contributed by atoms with Gasteiger partial charge in [0.15, 0.2) is 0 Å². The molecular formula is C17H15F3O3. The molecule has 0 aliphatic carbocycles. The van der Waals surface area contributed by atoms with E-state index in [0.717, 1.165) is 12.1 Å². The number of halogens is 3. The van der Waals surface area contributed by atoms with Crippen molar-refractivity contribution in [3.8, 4) is 28.4 Å². The summed E-state index contributed by atoms with van der Waals surface area (Å²) in [6.45, 7) is 0.377. The van der Waals surface area contributed by atoms with Crippen LogP contribution in [0.2, 0.25) is 0 Å². The molecule has 2 aromatic carbocycles. The maximum Gasteiger partial charge on any atom is 0.416 e. The Labute approximate surface area is 131 Å². The first-order chi connectivity index (χ1) is 10.9. The summed E-state index contributed by atoms with van der Waals surface area (Å²) in [6.07, 6.45) is -3.95. The van der Waals surface area contributed by atoms with Gasteiger partial charge in [0.1, 0.15) is 17.2 Å². The van der Waals surface area contributed by atoms with E-state index in [1.807, 2.05) is 0 Å². The van der Waals surface area contributed by atoms with E-state index >= 15 is 0 Å². The van der Waals surface area contributed by atoms with Crippen LogP contribution < -0.4 is 14.2 Å². The highest BCUT2D eigenvalue weighted by Gasteiger charge is 2.34. The Kier molecular flexibility index (Phi) is 3.83. The van der Waals surface area contributed by atoms with Gasteiger partial charge in [-0.1, -0.05) is 0 Å². The van der Waals surface area contributed by atoms with Gasteiger partial charge in [0.05, 0.1) is 26.4 Å². The van der Waals surface area contributed by atoms with Crippen LogP contribution in [0.5, 0.6) is 17.2 Å². The number of hydrogen-bond acceptors (Lipinski definition) is 3. The van der Waals surface area contributed by atoms with Crippen molar-refractivity contribution in [2.75, 3.05) is 20.8 Å². The highest BCUT2D eigenvalue weighted by atomic mass is 19.4. The van der Waals surface area contributed by atoms with Crippen molar-refractivity contribution in [1.29, 1.82) is 0 Å². The predicted octanol–water partition coefficient (Wildman–Crippen LogP) is 4.32. The lowest BCUT2D eigenvalue weighted by Gasteiger charge is -2.16. The monoisotopic (exact) mass is 324 g/mol. The summed E-state index contributed by atoms with van der Waals surface area (Å²) in [5.41, 5.74) is 0.798. The van der Waals surface area contributed by atoms with Gasteiger partial charge in [0, 0.05) is 23.6 Å². The molecule has 0 atom stereocenters.